The lowest BCUT2D eigenvalue weighted by atomic mass is 10.1. The van der Waals surface area contributed by atoms with Crippen molar-refractivity contribution in [2.45, 2.75) is 25.8 Å². The lowest BCUT2D eigenvalue weighted by Crippen LogP contribution is -2.32. The third-order valence-electron chi connectivity index (χ3n) is 5.42. The molecule has 178 valence electrons. The molecule has 3 aromatic carbocycles. The van der Waals surface area contributed by atoms with Gasteiger partial charge in [-0.1, -0.05) is 36.4 Å². The van der Waals surface area contributed by atoms with E-state index in [1.165, 1.54) is 26.4 Å². The van der Waals surface area contributed by atoms with Crippen LogP contribution < -0.4 is 9.47 Å². The van der Waals surface area contributed by atoms with E-state index in [1.807, 2.05) is 18.2 Å². The molecule has 34 heavy (non-hydrogen) atoms. The van der Waals surface area contributed by atoms with Crippen LogP contribution in [0.2, 0.25) is 0 Å². The Morgan fingerprint density at radius 2 is 1.53 bits per heavy atom. The summed E-state index contributed by atoms with van der Waals surface area (Å²) in [5.74, 6) is -0.337. The van der Waals surface area contributed by atoms with E-state index in [2.05, 4.69) is 0 Å². The first-order valence-electron chi connectivity index (χ1n) is 10.9. The molecule has 0 atom stereocenters. The fourth-order valence-corrected chi connectivity index (χ4v) is 3.69. The van der Waals surface area contributed by atoms with Gasteiger partial charge < -0.3 is 19.5 Å². The molecule has 0 radical (unpaired) electrons. The second kappa shape index (κ2) is 11.8. The van der Waals surface area contributed by atoms with Gasteiger partial charge in [0.15, 0.2) is 0 Å². The lowest BCUT2D eigenvalue weighted by Gasteiger charge is -2.24. The molecule has 0 saturated carbocycles. The van der Waals surface area contributed by atoms with Gasteiger partial charge in [-0.25, -0.2) is 4.39 Å². The SMILES string of the molecule is COc1cc(OC)cc(C(=O)N(CCCc2cccc(F)c2)Cc2ccc(CC(=O)O)cc2)c1. The van der Waals surface area contributed by atoms with Crippen molar-refractivity contribution in [3.63, 3.8) is 0 Å². The number of hydrogen-bond acceptors (Lipinski definition) is 4. The summed E-state index contributed by atoms with van der Waals surface area (Å²) in [4.78, 5) is 26.1. The molecule has 7 heteroatoms. The minimum atomic E-state index is -0.895. The Hall–Kier alpha value is -3.87. The van der Waals surface area contributed by atoms with E-state index in [0.717, 1.165) is 11.1 Å². The van der Waals surface area contributed by atoms with Crippen molar-refractivity contribution in [2.75, 3.05) is 20.8 Å². The zero-order valence-electron chi connectivity index (χ0n) is 19.3. The quantitative estimate of drug-likeness (QED) is 0.443. The predicted octanol–water partition coefficient (Wildman–Crippen LogP) is 4.75. The molecule has 0 aromatic heterocycles. The summed E-state index contributed by atoms with van der Waals surface area (Å²) in [6.45, 7) is 0.792. The molecule has 0 aliphatic carbocycles. The molecule has 1 N–H and O–H groups in total. The largest absolute Gasteiger partial charge is 0.497 e. The van der Waals surface area contributed by atoms with Crippen molar-refractivity contribution < 1.29 is 28.6 Å². The predicted molar refractivity (Wildman–Crippen MR) is 127 cm³/mol. The van der Waals surface area contributed by atoms with Gasteiger partial charge in [0, 0.05) is 24.7 Å². The van der Waals surface area contributed by atoms with E-state index in [1.54, 1.807) is 41.3 Å². The monoisotopic (exact) mass is 465 g/mol. The number of amides is 1. The minimum Gasteiger partial charge on any atom is -0.497 e. The number of ether oxygens (including phenoxy) is 2. The third-order valence-corrected chi connectivity index (χ3v) is 5.42. The normalized spacial score (nSPS) is 10.6. The summed E-state index contributed by atoms with van der Waals surface area (Å²) in [6.07, 6.45) is 1.22. The highest BCUT2D eigenvalue weighted by molar-refractivity contribution is 5.95. The van der Waals surface area contributed by atoms with E-state index in [9.17, 15) is 14.0 Å². The lowest BCUT2D eigenvalue weighted by molar-refractivity contribution is -0.136. The Kier molecular flexibility index (Phi) is 8.62. The Bertz CT molecular complexity index is 1110. The van der Waals surface area contributed by atoms with Gasteiger partial charge in [-0.3, -0.25) is 9.59 Å². The van der Waals surface area contributed by atoms with E-state index >= 15 is 0 Å². The fourth-order valence-electron chi connectivity index (χ4n) is 3.69. The van der Waals surface area contributed by atoms with Crippen LogP contribution >= 0.6 is 0 Å². The summed E-state index contributed by atoms with van der Waals surface area (Å²) in [5.41, 5.74) is 2.87. The zero-order chi connectivity index (χ0) is 24.5. The van der Waals surface area contributed by atoms with Crippen LogP contribution in [0.1, 0.15) is 33.5 Å². The van der Waals surface area contributed by atoms with Crippen LogP contribution in [-0.4, -0.2) is 42.6 Å². The number of methoxy groups -OCH3 is 2. The molecule has 0 spiro atoms. The number of halogens is 1. The van der Waals surface area contributed by atoms with Crippen molar-refractivity contribution in [2.24, 2.45) is 0 Å². The standard InChI is InChI=1S/C27H28FNO5/c1-33-24-15-22(16-25(17-24)34-2)27(32)29(12-4-6-19-5-3-7-23(28)13-19)18-21-10-8-20(9-11-21)14-26(30)31/h3,5,7-11,13,15-17H,4,6,12,14,18H2,1-2H3,(H,30,31). The molecule has 0 unspecified atom stereocenters. The molecule has 0 heterocycles. The highest BCUT2D eigenvalue weighted by Crippen LogP contribution is 2.24. The first-order valence-corrected chi connectivity index (χ1v) is 10.9. The van der Waals surface area contributed by atoms with Crippen LogP contribution in [0, 0.1) is 5.82 Å². The Morgan fingerprint density at radius 3 is 2.12 bits per heavy atom. The number of hydrogen-bond donors (Lipinski definition) is 1. The van der Waals surface area contributed by atoms with Gasteiger partial charge in [-0.15, -0.1) is 0 Å². The maximum atomic E-state index is 13.5. The van der Waals surface area contributed by atoms with Gasteiger partial charge in [0.05, 0.1) is 20.6 Å². The molecule has 0 aliphatic rings. The highest BCUT2D eigenvalue weighted by Gasteiger charge is 2.18. The molecule has 3 aromatic rings. The topological polar surface area (TPSA) is 76.1 Å². The second-order valence-electron chi connectivity index (χ2n) is 7.95. The highest BCUT2D eigenvalue weighted by atomic mass is 19.1. The molecule has 0 aliphatic heterocycles. The van der Waals surface area contributed by atoms with Crippen molar-refractivity contribution in [1.82, 2.24) is 4.90 Å². The maximum Gasteiger partial charge on any atom is 0.307 e. The Balaban J connectivity index is 1.80. The summed E-state index contributed by atoms with van der Waals surface area (Å²) in [6, 6.07) is 18.7. The van der Waals surface area contributed by atoms with Crippen LogP contribution in [-0.2, 0) is 24.2 Å². The van der Waals surface area contributed by atoms with Crippen LogP contribution in [0.3, 0.4) is 0 Å². The van der Waals surface area contributed by atoms with Gasteiger partial charge in [0.1, 0.15) is 17.3 Å². The van der Waals surface area contributed by atoms with E-state index < -0.39 is 5.97 Å². The molecule has 0 fully saturated rings. The Morgan fingerprint density at radius 1 is 0.882 bits per heavy atom. The smallest absolute Gasteiger partial charge is 0.307 e. The number of carbonyl (C=O) groups excluding carboxylic acids is 1. The van der Waals surface area contributed by atoms with Gasteiger partial charge in [-0.2, -0.15) is 0 Å². The van der Waals surface area contributed by atoms with Crippen LogP contribution in [0.25, 0.3) is 0 Å². The summed E-state index contributed by atoms with van der Waals surface area (Å²) in [7, 11) is 3.05. The van der Waals surface area contributed by atoms with Crippen molar-refractivity contribution in [3.05, 3.63) is 94.8 Å². The first kappa shape index (κ1) is 24.8. The Labute approximate surface area is 198 Å². The number of nitrogens with zero attached hydrogens (tertiary/aromatic N) is 1. The van der Waals surface area contributed by atoms with Crippen molar-refractivity contribution in [1.29, 1.82) is 0 Å². The van der Waals surface area contributed by atoms with E-state index in [0.29, 0.717) is 48.6 Å². The number of aliphatic carboxylic acids is 1. The molecule has 6 nitrogen and oxygen atoms in total. The van der Waals surface area contributed by atoms with Crippen LogP contribution in [0.5, 0.6) is 11.5 Å². The fraction of sp³-hybridized carbons (Fsp3) is 0.259. The van der Waals surface area contributed by atoms with Gasteiger partial charge in [0.25, 0.3) is 5.91 Å². The first-order chi connectivity index (χ1) is 16.4. The molecule has 0 bridgehead atoms. The zero-order valence-corrected chi connectivity index (χ0v) is 19.3. The number of carboxylic acids is 1. The minimum absolute atomic E-state index is 0.0554. The number of carboxylic acid groups (broad SMARTS) is 1. The molecule has 0 saturated heterocycles. The molecular weight excluding hydrogens is 437 g/mol. The second-order valence-corrected chi connectivity index (χ2v) is 7.95. The maximum absolute atomic E-state index is 13.5. The van der Waals surface area contributed by atoms with Crippen molar-refractivity contribution in [3.8, 4) is 11.5 Å². The summed E-state index contributed by atoms with van der Waals surface area (Å²) < 4.78 is 24.1. The van der Waals surface area contributed by atoms with Gasteiger partial charge in [0.2, 0.25) is 0 Å². The molecular formula is C27H28FNO5. The van der Waals surface area contributed by atoms with E-state index in [-0.39, 0.29) is 18.1 Å². The molecule has 1 amide bonds. The van der Waals surface area contributed by atoms with Gasteiger partial charge in [-0.05, 0) is 53.8 Å². The van der Waals surface area contributed by atoms with Crippen LogP contribution in [0.15, 0.2) is 66.7 Å². The number of benzene rings is 3. The third kappa shape index (κ3) is 7.07. The average molecular weight is 466 g/mol. The van der Waals surface area contributed by atoms with Crippen LogP contribution in [0.4, 0.5) is 4.39 Å². The summed E-state index contributed by atoms with van der Waals surface area (Å²) in [5, 5.41) is 8.98. The average Bonchev–Trinajstić information content (AvgIpc) is 2.83. The number of carbonyl (C=O) groups is 2. The number of rotatable bonds is 11. The van der Waals surface area contributed by atoms with Crippen molar-refractivity contribution >= 4 is 11.9 Å². The van der Waals surface area contributed by atoms with Gasteiger partial charge >= 0.3 is 5.97 Å². The van der Waals surface area contributed by atoms with E-state index in [4.69, 9.17) is 14.6 Å². The summed E-state index contributed by atoms with van der Waals surface area (Å²) >= 11 is 0. The number of aryl methyl sites for hydroxylation is 1. The molecule has 3 rings (SSSR count).